The number of carboxylic acid groups (broad SMARTS) is 1. The van der Waals surface area contributed by atoms with Gasteiger partial charge in [-0.05, 0) is 45.2 Å². The molecule has 4 heteroatoms. The van der Waals surface area contributed by atoms with Gasteiger partial charge in [-0.2, -0.15) is 11.8 Å². The maximum absolute atomic E-state index is 10.8. The number of hydrogen-bond donors (Lipinski definition) is 2. The summed E-state index contributed by atoms with van der Waals surface area (Å²) >= 11 is 1.88. The number of rotatable bonds is 9. The fourth-order valence-electron chi connectivity index (χ4n) is 1.15. The first-order chi connectivity index (χ1) is 7.00. The molecule has 0 amide bonds. The highest BCUT2D eigenvalue weighted by Crippen LogP contribution is 2.13. The molecule has 15 heavy (non-hydrogen) atoms. The van der Waals surface area contributed by atoms with E-state index >= 15 is 0 Å². The molecule has 0 unspecified atom stereocenters. The molecule has 90 valence electrons. The van der Waals surface area contributed by atoms with E-state index in [4.69, 9.17) is 5.11 Å². The molecule has 0 radical (unpaired) electrons. The molecule has 0 aliphatic rings. The van der Waals surface area contributed by atoms with Crippen molar-refractivity contribution in [1.29, 1.82) is 0 Å². The van der Waals surface area contributed by atoms with Gasteiger partial charge in [0.15, 0.2) is 0 Å². The van der Waals surface area contributed by atoms with Crippen LogP contribution in [-0.4, -0.2) is 36.2 Å². The van der Waals surface area contributed by atoms with Crippen molar-refractivity contribution in [3.63, 3.8) is 0 Å². The van der Waals surface area contributed by atoms with Crippen LogP contribution < -0.4 is 5.32 Å². The maximum Gasteiger partial charge on any atom is 0.310 e. The molecule has 3 nitrogen and oxygen atoms in total. The van der Waals surface area contributed by atoms with Crippen molar-refractivity contribution in [3.05, 3.63) is 0 Å². The molecule has 0 fully saturated rings. The van der Waals surface area contributed by atoms with Crippen LogP contribution in [0, 0.1) is 5.41 Å². The second-order valence-electron chi connectivity index (χ2n) is 4.42. The summed E-state index contributed by atoms with van der Waals surface area (Å²) in [5.41, 5.74) is -0.654. The lowest BCUT2D eigenvalue weighted by Crippen LogP contribution is -2.36. The Labute approximate surface area is 97.0 Å². The fourth-order valence-corrected chi connectivity index (χ4v) is 1.64. The van der Waals surface area contributed by atoms with Gasteiger partial charge in [-0.3, -0.25) is 4.79 Å². The van der Waals surface area contributed by atoms with Crippen LogP contribution in [-0.2, 0) is 4.79 Å². The molecule has 0 aromatic heterocycles. The van der Waals surface area contributed by atoms with Gasteiger partial charge in [0.1, 0.15) is 0 Å². The number of nitrogens with one attached hydrogen (secondary N) is 1. The molecule has 0 bridgehead atoms. The van der Waals surface area contributed by atoms with Crippen LogP contribution in [0.1, 0.15) is 33.1 Å². The van der Waals surface area contributed by atoms with E-state index in [-0.39, 0.29) is 0 Å². The normalized spacial score (nSPS) is 11.7. The summed E-state index contributed by atoms with van der Waals surface area (Å²) in [7, 11) is 0. The highest BCUT2D eigenvalue weighted by Gasteiger charge is 2.25. The zero-order valence-electron chi connectivity index (χ0n) is 10.0. The quantitative estimate of drug-likeness (QED) is 0.600. The van der Waals surface area contributed by atoms with Crippen LogP contribution in [0.4, 0.5) is 0 Å². The minimum Gasteiger partial charge on any atom is -0.481 e. The Hall–Kier alpha value is -0.220. The Morgan fingerprint density at radius 2 is 2.00 bits per heavy atom. The largest absolute Gasteiger partial charge is 0.481 e. The van der Waals surface area contributed by atoms with Crippen molar-refractivity contribution in [2.45, 2.75) is 33.1 Å². The number of unbranched alkanes of at least 4 members (excludes halogenated alkanes) is 2. The minimum absolute atomic E-state index is 0.546. The summed E-state index contributed by atoms with van der Waals surface area (Å²) in [5, 5.41) is 12.1. The highest BCUT2D eigenvalue weighted by atomic mass is 32.2. The average Bonchev–Trinajstić information content (AvgIpc) is 2.16. The van der Waals surface area contributed by atoms with E-state index in [1.54, 1.807) is 13.8 Å². The van der Waals surface area contributed by atoms with Crippen molar-refractivity contribution in [3.8, 4) is 0 Å². The fraction of sp³-hybridized carbons (Fsp3) is 0.909. The summed E-state index contributed by atoms with van der Waals surface area (Å²) in [6.07, 6.45) is 5.73. The monoisotopic (exact) mass is 233 g/mol. The van der Waals surface area contributed by atoms with Crippen molar-refractivity contribution in [2.24, 2.45) is 5.41 Å². The zero-order valence-corrected chi connectivity index (χ0v) is 10.8. The third-order valence-electron chi connectivity index (χ3n) is 2.35. The molecule has 0 heterocycles. The van der Waals surface area contributed by atoms with Gasteiger partial charge in [-0.25, -0.2) is 0 Å². The standard InChI is InChI=1S/C11H23NO2S/c1-11(2,10(13)14)9-12-7-5-4-6-8-15-3/h12H,4-9H2,1-3H3,(H,13,14). The number of carbonyl (C=O) groups is 1. The number of carboxylic acids is 1. The van der Waals surface area contributed by atoms with Crippen LogP contribution in [0.25, 0.3) is 0 Å². The summed E-state index contributed by atoms with van der Waals surface area (Å²) in [4.78, 5) is 10.8. The number of thioether (sulfide) groups is 1. The molecular weight excluding hydrogens is 210 g/mol. The van der Waals surface area contributed by atoms with E-state index in [2.05, 4.69) is 11.6 Å². The van der Waals surface area contributed by atoms with Crippen molar-refractivity contribution >= 4 is 17.7 Å². The third kappa shape index (κ3) is 7.68. The predicted octanol–water partition coefficient (Wildman–Crippen LogP) is 2.22. The van der Waals surface area contributed by atoms with E-state index in [9.17, 15) is 4.79 Å². The van der Waals surface area contributed by atoms with Crippen LogP contribution in [0.5, 0.6) is 0 Å². The third-order valence-corrected chi connectivity index (χ3v) is 3.04. The molecule has 2 N–H and O–H groups in total. The zero-order chi connectivity index (χ0) is 11.7. The molecule has 0 aliphatic carbocycles. The molecule has 0 atom stereocenters. The van der Waals surface area contributed by atoms with E-state index in [1.807, 2.05) is 11.8 Å². The van der Waals surface area contributed by atoms with Crippen LogP contribution in [0.15, 0.2) is 0 Å². The Bertz CT molecular complexity index is 183. The smallest absolute Gasteiger partial charge is 0.310 e. The van der Waals surface area contributed by atoms with Crippen molar-refractivity contribution in [2.75, 3.05) is 25.1 Å². The minimum atomic E-state index is -0.739. The molecule has 0 aromatic carbocycles. The first kappa shape index (κ1) is 14.8. The van der Waals surface area contributed by atoms with E-state index in [0.717, 1.165) is 13.0 Å². The highest BCUT2D eigenvalue weighted by molar-refractivity contribution is 7.98. The summed E-state index contributed by atoms with van der Waals surface area (Å²) in [5.74, 6) is 0.484. The van der Waals surface area contributed by atoms with Gasteiger partial charge < -0.3 is 10.4 Å². The van der Waals surface area contributed by atoms with Crippen LogP contribution >= 0.6 is 11.8 Å². The van der Waals surface area contributed by atoms with Gasteiger partial charge in [-0.15, -0.1) is 0 Å². The Morgan fingerprint density at radius 3 is 2.53 bits per heavy atom. The molecule has 0 aromatic rings. The van der Waals surface area contributed by atoms with Crippen molar-refractivity contribution in [1.82, 2.24) is 5.32 Å². The average molecular weight is 233 g/mol. The van der Waals surface area contributed by atoms with Crippen molar-refractivity contribution < 1.29 is 9.90 Å². The second-order valence-corrected chi connectivity index (χ2v) is 5.40. The van der Waals surface area contributed by atoms with Gasteiger partial charge >= 0.3 is 5.97 Å². The Balaban J connectivity index is 3.35. The van der Waals surface area contributed by atoms with Gasteiger partial charge in [0.05, 0.1) is 5.41 Å². The van der Waals surface area contributed by atoms with Gasteiger partial charge in [0.25, 0.3) is 0 Å². The molecule has 0 aliphatic heterocycles. The van der Waals surface area contributed by atoms with Gasteiger partial charge in [0.2, 0.25) is 0 Å². The lowest BCUT2D eigenvalue weighted by molar-refractivity contribution is -0.146. The summed E-state index contributed by atoms with van der Waals surface area (Å²) < 4.78 is 0. The van der Waals surface area contributed by atoms with Crippen LogP contribution in [0.3, 0.4) is 0 Å². The predicted molar refractivity (Wildman–Crippen MR) is 66.5 cm³/mol. The van der Waals surface area contributed by atoms with E-state index < -0.39 is 11.4 Å². The molecular formula is C11H23NO2S. The lowest BCUT2D eigenvalue weighted by atomic mass is 9.94. The van der Waals surface area contributed by atoms with Crippen LogP contribution in [0.2, 0.25) is 0 Å². The summed E-state index contributed by atoms with van der Waals surface area (Å²) in [6, 6.07) is 0. The van der Waals surface area contributed by atoms with Gasteiger partial charge in [-0.1, -0.05) is 6.42 Å². The SMILES string of the molecule is CSCCCCCNCC(C)(C)C(=O)O. The lowest BCUT2D eigenvalue weighted by Gasteiger charge is -2.19. The molecule has 0 saturated carbocycles. The first-order valence-electron chi connectivity index (χ1n) is 5.44. The number of aliphatic carboxylic acids is 1. The second kappa shape index (κ2) is 7.99. The molecule has 0 saturated heterocycles. The Morgan fingerprint density at radius 1 is 1.33 bits per heavy atom. The van der Waals surface area contributed by atoms with E-state index in [1.165, 1.54) is 18.6 Å². The topological polar surface area (TPSA) is 49.3 Å². The number of hydrogen-bond acceptors (Lipinski definition) is 3. The maximum atomic E-state index is 10.8. The van der Waals surface area contributed by atoms with E-state index in [0.29, 0.717) is 6.54 Å². The van der Waals surface area contributed by atoms with Gasteiger partial charge in [0, 0.05) is 6.54 Å². The molecule has 0 spiro atoms. The first-order valence-corrected chi connectivity index (χ1v) is 6.83. The Kier molecular flexibility index (Phi) is 7.88. The summed E-state index contributed by atoms with van der Waals surface area (Å²) in [6.45, 7) is 4.96. The molecule has 0 rings (SSSR count).